The number of benzene rings is 1. The monoisotopic (exact) mass is 517 g/mol. The van der Waals surface area contributed by atoms with Gasteiger partial charge in [-0.1, -0.05) is 32.0 Å². The zero-order valence-electron chi connectivity index (χ0n) is 22.2. The average molecular weight is 518 g/mol. The molecule has 4 aromatic rings. The summed E-state index contributed by atoms with van der Waals surface area (Å²) in [4.78, 5) is 34.3. The highest BCUT2D eigenvalue weighted by Gasteiger charge is 2.29. The van der Waals surface area contributed by atoms with Crippen molar-refractivity contribution >= 4 is 22.6 Å². The third-order valence-electron chi connectivity index (χ3n) is 6.61. The second-order valence-corrected chi connectivity index (χ2v) is 9.57. The first-order chi connectivity index (χ1) is 18.3. The minimum Gasteiger partial charge on any atom is -0.371 e. The van der Waals surface area contributed by atoms with Crippen molar-refractivity contribution in [2.75, 3.05) is 18.9 Å². The Morgan fingerprint density at radius 3 is 2.55 bits per heavy atom. The van der Waals surface area contributed by atoms with Crippen LogP contribution in [0.2, 0.25) is 0 Å². The summed E-state index contributed by atoms with van der Waals surface area (Å²) in [5, 5.41) is 6.42. The van der Waals surface area contributed by atoms with Crippen molar-refractivity contribution in [2.45, 2.75) is 52.2 Å². The van der Waals surface area contributed by atoms with E-state index in [1.165, 1.54) is 13.4 Å². The van der Waals surface area contributed by atoms with Gasteiger partial charge in [0.25, 0.3) is 5.91 Å². The number of rotatable bonds is 10. The number of carbonyl (C=O) groups excluding carboxylic acids is 1. The number of fused-ring (bicyclic) bond motifs is 1. The van der Waals surface area contributed by atoms with Crippen LogP contribution in [0.3, 0.4) is 0 Å². The van der Waals surface area contributed by atoms with Crippen LogP contribution in [-0.2, 0) is 16.8 Å². The van der Waals surface area contributed by atoms with Crippen molar-refractivity contribution in [3.8, 4) is 11.3 Å². The molecule has 0 saturated carbocycles. The maximum atomic E-state index is 14.5. The summed E-state index contributed by atoms with van der Waals surface area (Å²) in [5.74, 6) is 0.119. The Hall–Kier alpha value is -4.05. The molecule has 1 atom stereocenters. The lowest BCUT2D eigenvalue weighted by Gasteiger charge is -2.30. The number of nitrogens with one attached hydrogen (secondary N) is 2. The van der Waals surface area contributed by atoms with Gasteiger partial charge < -0.3 is 15.4 Å². The van der Waals surface area contributed by atoms with Crippen molar-refractivity contribution in [1.82, 2.24) is 30.2 Å². The largest absolute Gasteiger partial charge is 0.371 e. The normalized spacial score (nSPS) is 12.9. The molecule has 198 valence electrons. The zero-order chi connectivity index (χ0) is 27.3. The van der Waals surface area contributed by atoms with Crippen LogP contribution in [0.15, 0.2) is 49.2 Å². The van der Waals surface area contributed by atoms with Crippen molar-refractivity contribution < 1.29 is 13.9 Å². The Labute approximate surface area is 221 Å². The van der Waals surface area contributed by atoms with E-state index in [0.29, 0.717) is 41.4 Å². The summed E-state index contributed by atoms with van der Waals surface area (Å²) < 4.78 is 20.1. The average Bonchev–Trinajstić information content (AvgIpc) is 2.94. The van der Waals surface area contributed by atoms with Crippen molar-refractivity contribution in [1.29, 1.82) is 0 Å². The van der Waals surface area contributed by atoms with Crippen LogP contribution in [-0.4, -0.2) is 50.5 Å². The molecule has 0 aliphatic carbocycles. The van der Waals surface area contributed by atoms with E-state index in [1.54, 1.807) is 18.5 Å². The van der Waals surface area contributed by atoms with Gasteiger partial charge in [0.05, 0.1) is 29.1 Å². The van der Waals surface area contributed by atoms with Gasteiger partial charge in [0.1, 0.15) is 18.8 Å². The summed E-state index contributed by atoms with van der Waals surface area (Å²) in [7, 11) is 1.48. The van der Waals surface area contributed by atoms with Gasteiger partial charge in [-0.05, 0) is 25.8 Å². The molecule has 38 heavy (non-hydrogen) atoms. The van der Waals surface area contributed by atoms with E-state index in [0.717, 1.165) is 23.7 Å². The molecule has 1 amide bonds. The van der Waals surface area contributed by atoms with Gasteiger partial charge in [-0.3, -0.25) is 9.78 Å². The number of nitrogens with zero attached hydrogens (tertiary/aromatic N) is 5. The molecule has 3 heterocycles. The maximum Gasteiger partial charge on any atom is 0.254 e. The van der Waals surface area contributed by atoms with E-state index in [4.69, 9.17) is 4.74 Å². The SMILES string of the molecule is CC[C@@](C)(CNc1cc(-c2cnc(COC(C)C)nc2)ncn1)c1cccc2c(C(=O)NC)c(F)cnc12. The molecular weight excluding hydrogens is 485 g/mol. The smallest absolute Gasteiger partial charge is 0.254 e. The number of halogens is 1. The van der Waals surface area contributed by atoms with E-state index >= 15 is 0 Å². The van der Waals surface area contributed by atoms with E-state index in [9.17, 15) is 9.18 Å². The number of amides is 1. The van der Waals surface area contributed by atoms with Crippen molar-refractivity contribution in [3.05, 3.63) is 72.0 Å². The van der Waals surface area contributed by atoms with Crippen LogP contribution in [0.25, 0.3) is 22.2 Å². The molecular formula is C28H32FN7O2. The third kappa shape index (κ3) is 5.75. The molecule has 10 heteroatoms. The second kappa shape index (κ2) is 11.6. The Morgan fingerprint density at radius 1 is 1.11 bits per heavy atom. The van der Waals surface area contributed by atoms with Gasteiger partial charge >= 0.3 is 0 Å². The van der Waals surface area contributed by atoms with E-state index in [-0.39, 0.29) is 11.7 Å². The number of anilines is 1. The molecule has 0 radical (unpaired) electrons. The molecule has 0 saturated heterocycles. The minimum atomic E-state index is -0.650. The van der Waals surface area contributed by atoms with Gasteiger partial charge in [-0.25, -0.2) is 24.3 Å². The first-order valence-electron chi connectivity index (χ1n) is 12.5. The van der Waals surface area contributed by atoms with E-state index in [2.05, 4.69) is 49.4 Å². The summed E-state index contributed by atoms with van der Waals surface area (Å²) in [6.07, 6.45) is 6.91. The molecule has 1 aromatic carbocycles. The molecule has 0 aliphatic rings. The van der Waals surface area contributed by atoms with Crippen molar-refractivity contribution in [3.63, 3.8) is 0 Å². The van der Waals surface area contributed by atoms with Crippen LogP contribution in [0, 0.1) is 5.82 Å². The van der Waals surface area contributed by atoms with Crippen molar-refractivity contribution in [2.24, 2.45) is 0 Å². The highest BCUT2D eigenvalue weighted by Crippen LogP contribution is 2.34. The van der Waals surface area contributed by atoms with E-state index in [1.807, 2.05) is 32.0 Å². The number of hydrogen-bond acceptors (Lipinski definition) is 8. The fourth-order valence-electron chi connectivity index (χ4n) is 4.15. The lowest BCUT2D eigenvalue weighted by molar-refractivity contribution is 0.0613. The summed E-state index contributed by atoms with van der Waals surface area (Å²) >= 11 is 0. The number of carbonyl (C=O) groups is 1. The lowest BCUT2D eigenvalue weighted by atomic mass is 9.78. The summed E-state index contributed by atoms with van der Waals surface area (Å²) in [6, 6.07) is 7.37. The molecule has 0 fully saturated rings. The fourth-order valence-corrected chi connectivity index (χ4v) is 4.15. The van der Waals surface area contributed by atoms with Gasteiger partial charge in [-0.2, -0.15) is 0 Å². The minimum absolute atomic E-state index is 0.00443. The van der Waals surface area contributed by atoms with Crippen LogP contribution in [0.1, 0.15) is 55.9 Å². The summed E-state index contributed by atoms with van der Waals surface area (Å²) in [6.45, 7) is 8.99. The van der Waals surface area contributed by atoms with Crippen LogP contribution >= 0.6 is 0 Å². The second-order valence-electron chi connectivity index (χ2n) is 9.57. The summed E-state index contributed by atoms with van der Waals surface area (Å²) in [5.41, 5.74) is 2.57. The predicted octanol–water partition coefficient (Wildman–Crippen LogP) is 4.69. The highest BCUT2D eigenvalue weighted by molar-refractivity contribution is 6.06. The number of ether oxygens (including phenoxy) is 1. The topological polar surface area (TPSA) is 115 Å². The number of aromatic nitrogens is 5. The Morgan fingerprint density at radius 2 is 1.87 bits per heavy atom. The number of pyridine rings is 1. The maximum absolute atomic E-state index is 14.5. The molecule has 4 rings (SSSR count). The van der Waals surface area contributed by atoms with Crippen LogP contribution < -0.4 is 10.6 Å². The molecule has 3 aromatic heterocycles. The molecule has 0 bridgehead atoms. The molecule has 0 aliphatic heterocycles. The zero-order valence-corrected chi connectivity index (χ0v) is 22.2. The Kier molecular flexibility index (Phi) is 8.21. The van der Waals surface area contributed by atoms with Gasteiger partial charge in [-0.15, -0.1) is 0 Å². The third-order valence-corrected chi connectivity index (χ3v) is 6.61. The highest BCUT2D eigenvalue weighted by atomic mass is 19.1. The quantitative estimate of drug-likeness (QED) is 0.312. The van der Waals surface area contributed by atoms with Crippen LogP contribution in [0.5, 0.6) is 0 Å². The Balaban J connectivity index is 1.58. The van der Waals surface area contributed by atoms with Gasteiger partial charge in [0.15, 0.2) is 11.6 Å². The predicted molar refractivity (Wildman–Crippen MR) is 144 cm³/mol. The lowest BCUT2D eigenvalue weighted by Crippen LogP contribution is -2.31. The number of hydrogen-bond donors (Lipinski definition) is 2. The Bertz CT molecular complexity index is 1430. The van der Waals surface area contributed by atoms with Crippen LogP contribution in [0.4, 0.5) is 10.2 Å². The van der Waals surface area contributed by atoms with Gasteiger partial charge in [0.2, 0.25) is 0 Å². The number of para-hydroxylation sites is 1. The first kappa shape index (κ1) is 27.0. The molecule has 0 spiro atoms. The molecule has 2 N–H and O–H groups in total. The van der Waals surface area contributed by atoms with E-state index < -0.39 is 17.1 Å². The fraction of sp³-hybridized carbons (Fsp3) is 0.357. The molecule has 0 unspecified atom stereocenters. The van der Waals surface area contributed by atoms with Gasteiger partial charge in [0, 0.05) is 48.4 Å². The molecule has 9 nitrogen and oxygen atoms in total. The standard InChI is InChI=1S/C28H32FN7O2/c1-6-28(4,20-9-7-8-19-25(27(37)30-5)21(29)13-33-26(19)20)15-34-23-10-22(35-16-36-23)18-11-31-24(32-12-18)14-38-17(2)3/h7-13,16-17H,6,14-15H2,1-5H3,(H,30,37)(H,34,35,36)/t28-/m0/s1. The first-order valence-corrected chi connectivity index (χ1v) is 12.5.